The van der Waals surface area contributed by atoms with Gasteiger partial charge in [-0.3, -0.25) is 9.78 Å². The van der Waals surface area contributed by atoms with Crippen molar-refractivity contribution in [3.05, 3.63) is 77.6 Å². The van der Waals surface area contributed by atoms with E-state index in [1.54, 1.807) is 18.5 Å². The van der Waals surface area contributed by atoms with Gasteiger partial charge in [0.25, 0.3) is 0 Å². The van der Waals surface area contributed by atoms with E-state index in [1.807, 2.05) is 30.3 Å². The van der Waals surface area contributed by atoms with Crippen LogP contribution in [-0.2, 0) is 13.0 Å². The van der Waals surface area contributed by atoms with Gasteiger partial charge in [-0.05, 0) is 60.4 Å². The fourth-order valence-corrected chi connectivity index (χ4v) is 3.67. The van der Waals surface area contributed by atoms with E-state index in [0.717, 1.165) is 46.6 Å². The number of pyridine rings is 1. The summed E-state index contributed by atoms with van der Waals surface area (Å²) < 4.78 is 2.25. The van der Waals surface area contributed by atoms with Crippen molar-refractivity contribution in [3.63, 3.8) is 0 Å². The third-order valence-electron chi connectivity index (χ3n) is 5.03. The first kappa shape index (κ1) is 17.3. The zero-order valence-electron chi connectivity index (χ0n) is 15.4. The van der Waals surface area contributed by atoms with Crippen LogP contribution in [0.4, 0.5) is 0 Å². The number of carbonyl (C=O) groups is 1. The Morgan fingerprint density at radius 2 is 1.96 bits per heavy atom. The smallest absolute Gasteiger partial charge is 0.249 e. The number of aryl methyl sites for hydroxylation is 1. The fourth-order valence-electron chi connectivity index (χ4n) is 3.67. The van der Waals surface area contributed by atoms with E-state index in [4.69, 9.17) is 5.73 Å². The third kappa shape index (κ3) is 3.19. The van der Waals surface area contributed by atoms with Crippen LogP contribution in [0.1, 0.15) is 41.3 Å². The molecule has 0 atom stereocenters. The van der Waals surface area contributed by atoms with Crippen molar-refractivity contribution < 1.29 is 4.79 Å². The second kappa shape index (κ2) is 7.23. The van der Waals surface area contributed by atoms with Gasteiger partial charge in [-0.1, -0.05) is 25.5 Å². The SMILES string of the molecule is CCCCc1c[c]c2c3c(C(N)=O)cccc3n(Cc3ccncc3)c2c1. The zero-order chi connectivity index (χ0) is 18.8. The second-order valence-electron chi connectivity index (χ2n) is 6.88. The Morgan fingerprint density at radius 3 is 2.70 bits per heavy atom. The van der Waals surface area contributed by atoms with Gasteiger partial charge < -0.3 is 10.3 Å². The predicted octanol–water partition coefficient (Wildman–Crippen LogP) is 4.48. The Hall–Kier alpha value is -3.14. The van der Waals surface area contributed by atoms with E-state index < -0.39 is 5.91 Å². The maximum absolute atomic E-state index is 12.0. The Balaban J connectivity index is 1.98. The molecule has 0 aliphatic heterocycles. The molecule has 0 unspecified atom stereocenters. The van der Waals surface area contributed by atoms with E-state index in [2.05, 4.69) is 28.6 Å². The molecule has 0 saturated heterocycles. The summed E-state index contributed by atoms with van der Waals surface area (Å²) in [4.78, 5) is 16.1. The van der Waals surface area contributed by atoms with Gasteiger partial charge in [0.2, 0.25) is 5.91 Å². The summed E-state index contributed by atoms with van der Waals surface area (Å²) >= 11 is 0. The molecule has 2 aromatic carbocycles. The van der Waals surface area contributed by atoms with Crippen LogP contribution in [0.2, 0.25) is 0 Å². The fraction of sp³-hybridized carbons (Fsp3) is 0.217. The van der Waals surface area contributed by atoms with Gasteiger partial charge in [0.1, 0.15) is 0 Å². The van der Waals surface area contributed by atoms with Gasteiger partial charge in [0, 0.05) is 35.3 Å². The molecule has 4 rings (SSSR count). The molecule has 2 heterocycles. The number of hydrogen-bond acceptors (Lipinski definition) is 2. The highest BCUT2D eigenvalue weighted by Gasteiger charge is 2.17. The lowest BCUT2D eigenvalue weighted by molar-refractivity contribution is 0.100. The molecular weight excluding hydrogens is 334 g/mol. The molecule has 1 radical (unpaired) electrons. The van der Waals surface area contributed by atoms with E-state index in [1.165, 1.54) is 5.56 Å². The van der Waals surface area contributed by atoms with Crippen LogP contribution in [0, 0.1) is 6.07 Å². The number of nitrogens with two attached hydrogens (primary N) is 1. The van der Waals surface area contributed by atoms with Gasteiger partial charge in [0.05, 0.1) is 11.0 Å². The number of rotatable bonds is 6. The van der Waals surface area contributed by atoms with Crippen LogP contribution in [0.25, 0.3) is 21.8 Å². The molecular formula is C23H22N3O. The van der Waals surface area contributed by atoms with Crippen molar-refractivity contribution >= 4 is 27.7 Å². The Kier molecular flexibility index (Phi) is 4.63. The normalized spacial score (nSPS) is 11.3. The quantitative estimate of drug-likeness (QED) is 0.554. The lowest BCUT2D eigenvalue weighted by Gasteiger charge is -2.09. The van der Waals surface area contributed by atoms with Crippen LogP contribution in [0.3, 0.4) is 0 Å². The zero-order valence-corrected chi connectivity index (χ0v) is 15.4. The monoisotopic (exact) mass is 356 g/mol. The number of hydrogen-bond donors (Lipinski definition) is 1. The lowest BCUT2D eigenvalue weighted by Crippen LogP contribution is -2.11. The summed E-state index contributed by atoms with van der Waals surface area (Å²) in [6.45, 7) is 2.90. The molecule has 0 spiro atoms. The highest BCUT2D eigenvalue weighted by Crippen LogP contribution is 2.33. The van der Waals surface area contributed by atoms with E-state index >= 15 is 0 Å². The minimum atomic E-state index is -0.410. The van der Waals surface area contributed by atoms with Crippen LogP contribution in [0.5, 0.6) is 0 Å². The standard InChI is InChI=1S/C23H22N3O/c1-2-3-5-16-8-9-18-21(14-16)26(15-17-10-12-25-13-11-17)20-7-4-6-19(22(18)20)23(24)27/h4,6-8,10-14H,2-3,5,15H2,1H3,(H2,24,27). The van der Waals surface area contributed by atoms with Gasteiger partial charge in [-0.25, -0.2) is 0 Å². The number of carbonyl (C=O) groups excluding carboxylic acids is 1. The number of nitrogens with zero attached hydrogens (tertiary/aromatic N) is 2. The van der Waals surface area contributed by atoms with Crippen molar-refractivity contribution in [2.75, 3.05) is 0 Å². The molecule has 0 aliphatic rings. The van der Waals surface area contributed by atoms with Crippen LogP contribution in [0.15, 0.2) is 54.9 Å². The molecule has 0 bridgehead atoms. The van der Waals surface area contributed by atoms with Gasteiger partial charge in [0.15, 0.2) is 0 Å². The minimum absolute atomic E-state index is 0.410. The van der Waals surface area contributed by atoms with Crippen LogP contribution in [-0.4, -0.2) is 15.5 Å². The Morgan fingerprint density at radius 1 is 1.15 bits per heavy atom. The molecule has 0 saturated carbocycles. The van der Waals surface area contributed by atoms with Crippen LogP contribution >= 0.6 is 0 Å². The van der Waals surface area contributed by atoms with Crippen molar-refractivity contribution in [3.8, 4) is 0 Å². The first-order chi connectivity index (χ1) is 13.2. The number of unbranched alkanes of at least 4 members (excludes halogenated alkanes) is 1. The molecule has 27 heavy (non-hydrogen) atoms. The maximum atomic E-state index is 12.0. The summed E-state index contributed by atoms with van der Waals surface area (Å²) in [6.07, 6.45) is 6.94. The largest absolute Gasteiger partial charge is 0.366 e. The van der Waals surface area contributed by atoms with Gasteiger partial charge in [-0.2, -0.15) is 0 Å². The van der Waals surface area contributed by atoms with Gasteiger partial charge in [-0.15, -0.1) is 0 Å². The minimum Gasteiger partial charge on any atom is -0.366 e. The molecule has 4 nitrogen and oxygen atoms in total. The second-order valence-corrected chi connectivity index (χ2v) is 6.88. The van der Waals surface area contributed by atoms with Gasteiger partial charge >= 0.3 is 0 Å². The number of fused-ring (bicyclic) bond motifs is 3. The third-order valence-corrected chi connectivity index (χ3v) is 5.03. The summed E-state index contributed by atoms with van der Waals surface area (Å²) in [5.41, 5.74) is 10.7. The average Bonchev–Trinajstić information content (AvgIpc) is 3.00. The summed E-state index contributed by atoms with van der Waals surface area (Å²) in [5.74, 6) is -0.410. The molecule has 135 valence electrons. The first-order valence-corrected chi connectivity index (χ1v) is 9.33. The number of benzene rings is 2. The molecule has 0 fully saturated rings. The summed E-state index contributed by atoms with van der Waals surface area (Å²) in [6, 6.07) is 17.5. The summed E-state index contributed by atoms with van der Waals surface area (Å²) in [5, 5.41) is 1.84. The maximum Gasteiger partial charge on any atom is 0.249 e. The van der Waals surface area contributed by atoms with E-state index in [0.29, 0.717) is 12.1 Å². The molecule has 4 aromatic rings. The Bertz CT molecular complexity index is 1110. The van der Waals surface area contributed by atoms with E-state index in [9.17, 15) is 4.79 Å². The highest BCUT2D eigenvalue weighted by molar-refractivity contribution is 6.17. The molecule has 1 amide bonds. The molecule has 0 aliphatic carbocycles. The lowest BCUT2D eigenvalue weighted by atomic mass is 10.0. The highest BCUT2D eigenvalue weighted by atomic mass is 16.1. The average molecular weight is 356 g/mol. The molecule has 4 heteroatoms. The number of aromatic nitrogens is 2. The van der Waals surface area contributed by atoms with E-state index in [-0.39, 0.29) is 0 Å². The molecule has 2 aromatic heterocycles. The van der Waals surface area contributed by atoms with Crippen LogP contribution < -0.4 is 5.73 Å². The predicted molar refractivity (Wildman–Crippen MR) is 109 cm³/mol. The topological polar surface area (TPSA) is 60.9 Å². The van der Waals surface area contributed by atoms with Crippen molar-refractivity contribution in [1.82, 2.24) is 9.55 Å². The number of amides is 1. The Labute approximate surface area is 158 Å². The first-order valence-electron chi connectivity index (χ1n) is 9.33. The summed E-state index contributed by atoms with van der Waals surface area (Å²) in [7, 11) is 0. The van der Waals surface area contributed by atoms with Crippen molar-refractivity contribution in [2.45, 2.75) is 32.7 Å². The van der Waals surface area contributed by atoms with Crippen molar-refractivity contribution in [1.29, 1.82) is 0 Å². The van der Waals surface area contributed by atoms with Crippen molar-refractivity contribution in [2.24, 2.45) is 5.73 Å². The number of primary amides is 1. The molecule has 2 N–H and O–H groups in total.